The normalized spacial score (nSPS) is 12.2. The number of rotatable bonds is 5. The van der Waals surface area contributed by atoms with Crippen LogP contribution in [0.5, 0.6) is 5.75 Å². The zero-order chi connectivity index (χ0) is 13.7. The molecule has 0 aromatic heterocycles. The molecule has 0 spiro atoms. The number of halogens is 1. The summed E-state index contributed by atoms with van der Waals surface area (Å²) in [5, 5.41) is 0.609. The van der Waals surface area contributed by atoms with Gasteiger partial charge in [-0.3, -0.25) is 0 Å². The van der Waals surface area contributed by atoms with Crippen LogP contribution in [0, 0.1) is 0 Å². The van der Waals surface area contributed by atoms with E-state index in [1.54, 1.807) is 0 Å². The minimum Gasteiger partial charge on any atom is -0.487 e. The molecule has 0 saturated carbocycles. The summed E-state index contributed by atoms with van der Waals surface area (Å²) in [6.45, 7) is 2.57. The zero-order valence-electron chi connectivity index (χ0n) is 11.0. The molecule has 3 heteroatoms. The second kappa shape index (κ2) is 6.60. The van der Waals surface area contributed by atoms with Crippen LogP contribution < -0.4 is 10.5 Å². The Morgan fingerprint density at radius 3 is 2.53 bits per heavy atom. The highest BCUT2D eigenvalue weighted by Gasteiger charge is 2.08. The summed E-state index contributed by atoms with van der Waals surface area (Å²) >= 11 is 6.22. The third kappa shape index (κ3) is 3.72. The Morgan fingerprint density at radius 1 is 1.16 bits per heavy atom. The standard InChI is InChI=1S/C16H18ClNO/c1-2-15(18)13-8-9-16(14(17)10-13)19-11-12-6-4-3-5-7-12/h3-10,15H,2,11,18H2,1H3. The molecule has 2 N–H and O–H groups in total. The number of hydrogen-bond donors (Lipinski definition) is 1. The van der Waals surface area contributed by atoms with Gasteiger partial charge in [0.05, 0.1) is 5.02 Å². The van der Waals surface area contributed by atoms with Crippen LogP contribution in [0.15, 0.2) is 48.5 Å². The van der Waals surface area contributed by atoms with E-state index in [2.05, 4.69) is 6.92 Å². The highest BCUT2D eigenvalue weighted by atomic mass is 35.5. The summed E-state index contributed by atoms with van der Waals surface area (Å²) in [5.74, 6) is 0.692. The molecule has 1 atom stereocenters. The van der Waals surface area contributed by atoms with Gasteiger partial charge in [0.15, 0.2) is 0 Å². The Kier molecular flexibility index (Phi) is 4.83. The monoisotopic (exact) mass is 275 g/mol. The molecule has 2 nitrogen and oxygen atoms in total. The van der Waals surface area contributed by atoms with Gasteiger partial charge in [-0.1, -0.05) is 54.9 Å². The van der Waals surface area contributed by atoms with Gasteiger partial charge in [-0.25, -0.2) is 0 Å². The largest absolute Gasteiger partial charge is 0.487 e. The predicted molar refractivity (Wildman–Crippen MR) is 79.4 cm³/mol. The van der Waals surface area contributed by atoms with Gasteiger partial charge in [-0.2, -0.15) is 0 Å². The van der Waals surface area contributed by atoms with Gasteiger partial charge in [0.2, 0.25) is 0 Å². The molecule has 0 saturated heterocycles. The quantitative estimate of drug-likeness (QED) is 0.881. The lowest BCUT2D eigenvalue weighted by Gasteiger charge is -2.12. The molecule has 2 aromatic rings. The highest BCUT2D eigenvalue weighted by molar-refractivity contribution is 6.32. The van der Waals surface area contributed by atoms with Gasteiger partial charge < -0.3 is 10.5 Å². The van der Waals surface area contributed by atoms with Crippen molar-refractivity contribution in [3.63, 3.8) is 0 Å². The van der Waals surface area contributed by atoms with Crippen molar-refractivity contribution in [1.29, 1.82) is 0 Å². The van der Waals surface area contributed by atoms with E-state index in [-0.39, 0.29) is 6.04 Å². The van der Waals surface area contributed by atoms with Crippen molar-refractivity contribution in [3.8, 4) is 5.75 Å². The van der Waals surface area contributed by atoms with Crippen molar-refractivity contribution in [2.75, 3.05) is 0 Å². The van der Waals surface area contributed by atoms with Gasteiger partial charge in [0.1, 0.15) is 12.4 Å². The first kappa shape index (κ1) is 13.9. The van der Waals surface area contributed by atoms with Crippen LogP contribution in [0.4, 0.5) is 0 Å². The van der Waals surface area contributed by atoms with Gasteiger partial charge in [-0.05, 0) is 29.7 Å². The van der Waals surface area contributed by atoms with E-state index < -0.39 is 0 Å². The third-order valence-corrected chi connectivity index (χ3v) is 3.36. The number of hydrogen-bond acceptors (Lipinski definition) is 2. The van der Waals surface area contributed by atoms with Gasteiger partial charge in [-0.15, -0.1) is 0 Å². The molecule has 0 aliphatic heterocycles. The molecule has 0 bridgehead atoms. The van der Waals surface area contributed by atoms with Crippen LogP contribution in [0.2, 0.25) is 5.02 Å². The number of ether oxygens (including phenoxy) is 1. The van der Waals surface area contributed by atoms with E-state index in [9.17, 15) is 0 Å². The van der Waals surface area contributed by atoms with Crippen molar-refractivity contribution in [1.82, 2.24) is 0 Å². The fourth-order valence-corrected chi connectivity index (χ4v) is 2.08. The summed E-state index contributed by atoms with van der Waals surface area (Å²) in [5.41, 5.74) is 8.14. The van der Waals surface area contributed by atoms with Crippen LogP contribution in [0.1, 0.15) is 30.5 Å². The molecular formula is C16H18ClNO. The van der Waals surface area contributed by atoms with Gasteiger partial charge >= 0.3 is 0 Å². The second-order valence-electron chi connectivity index (χ2n) is 4.48. The molecule has 1 unspecified atom stereocenters. The summed E-state index contributed by atoms with van der Waals surface area (Å²) < 4.78 is 5.72. The molecule has 2 rings (SSSR count). The van der Waals surface area contributed by atoms with Crippen molar-refractivity contribution in [3.05, 3.63) is 64.7 Å². The SMILES string of the molecule is CCC(N)c1ccc(OCc2ccccc2)c(Cl)c1. The first-order valence-corrected chi connectivity index (χ1v) is 6.80. The lowest BCUT2D eigenvalue weighted by atomic mass is 10.1. The lowest BCUT2D eigenvalue weighted by Crippen LogP contribution is -2.08. The van der Waals surface area contributed by atoms with Crippen LogP contribution in [0.25, 0.3) is 0 Å². The first-order valence-electron chi connectivity index (χ1n) is 6.42. The summed E-state index contributed by atoms with van der Waals surface area (Å²) in [7, 11) is 0. The fourth-order valence-electron chi connectivity index (χ4n) is 1.84. The van der Waals surface area contributed by atoms with E-state index in [1.165, 1.54) is 0 Å². The van der Waals surface area contributed by atoms with Crippen LogP contribution in [-0.2, 0) is 6.61 Å². The van der Waals surface area contributed by atoms with Gasteiger partial charge in [0, 0.05) is 6.04 Å². The van der Waals surface area contributed by atoms with E-state index in [1.807, 2.05) is 48.5 Å². The van der Waals surface area contributed by atoms with Gasteiger partial charge in [0.25, 0.3) is 0 Å². The Bertz CT molecular complexity index is 528. The smallest absolute Gasteiger partial charge is 0.138 e. The molecule has 0 aliphatic carbocycles. The molecule has 0 aliphatic rings. The molecular weight excluding hydrogens is 258 g/mol. The summed E-state index contributed by atoms with van der Waals surface area (Å²) in [6.07, 6.45) is 0.889. The van der Waals surface area contributed by atoms with E-state index in [4.69, 9.17) is 22.1 Å². The Labute approximate surface area is 119 Å². The van der Waals surface area contributed by atoms with Crippen LogP contribution in [-0.4, -0.2) is 0 Å². The van der Waals surface area contributed by atoms with Crippen LogP contribution >= 0.6 is 11.6 Å². The maximum Gasteiger partial charge on any atom is 0.138 e. The minimum atomic E-state index is 0.0284. The molecule has 0 amide bonds. The van der Waals surface area contributed by atoms with Crippen molar-refractivity contribution < 1.29 is 4.74 Å². The lowest BCUT2D eigenvalue weighted by molar-refractivity contribution is 0.306. The fraction of sp³-hybridized carbons (Fsp3) is 0.250. The first-order chi connectivity index (χ1) is 9.20. The van der Waals surface area contributed by atoms with E-state index >= 15 is 0 Å². The maximum absolute atomic E-state index is 6.22. The van der Waals surface area contributed by atoms with E-state index in [0.717, 1.165) is 17.5 Å². The van der Waals surface area contributed by atoms with Crippen molar-refractivity contribution in [2.45, 2.75) is 26.0 Å². The Morgan fingerprint density at radius 2 is 1.89 bits per heavy atom. The molecule has 0 fully saturated rings. The average molecular weight is 276 g/mol. The number of nitrogens with two attached hydrogens (primary N) is 1. The topological polar surface area (TPSA) is 35.2 Å². The highest BCUT2D eigenvalue weighted by Crippen LogP contribution is 2.28. The van der Waals surface area contributed by atoms with Crippen molar-refractivity contribution >= 4 is 11.6 Å². The predicted octanol–water partition coefficient (Wildman–Crippen LogP) is 4.33. The van der Waals surface area contributed by atoms with Crippen LogP contribution in [0.3, 0.4) is 0 Å². The Balaban J connectivity index is 2.05. The summed E-state index contributed by atoms with van der Waals surface area (Å²) in [6, 6.07) is 15.8. The minimum absolute atomic E-state index is 0.0284. The van der Waals surface area contributed by atoms with Crippen molar-refractivity contribution in [2.24, 2.45) is 5.73 Å². The third-order valence-electron chi connectivity index (χ3n) is 3.06. The molecule has 100 valence electrons. The van der Waals surface area contributed by atoms with E-state index in [0.29, 0.717) is 17.4 Å². The molecule has 0 heterocycles. The zero-order valence-corrected chi connectivity index (χ0v) is 11.7. The second-order valence-corrected chi connectivity index (χ2v) is 4.89. The molecule has 19 heavy (non-hydrogen) atoms. The summed E-state index contributed by atoms with van der Waals surface area (Å²) in [4.78, 5) is 0. The Hall–Kier alpha value is -1.51. The molecule has 0 radical (unpaired) electrons. The molecule has 2 aromatic carbocycles. The average Bonchev–Trinajstić information content (AvgIpc) is 2.46. The maximum atomic E-state index is 6.22. The number of benzene rings is 2.